The van der Waals surface area contributed by atoms with Crippen LogP contribution >= 0.6 is 0 Å². The van der Waals surface area contributed by atoms with Crippen molar-refractivity contribution in [1.82, 2.24) is 5.43 Å². The van der Waals surface area contributed by atoms with Crippen LogP contribution in [-0.4, -0.2) is 18.7 Å². The number of ether oxygens (including phenoxy) is 1. The van der Waals surface area contributed by atoms with Crippen molar-refractivity contribution in [2.75, 3.05) is 6.61 Å². The number of rotatable bonds is 8. The van der Waals surface area contributed by atoms with Crippen LogP contribution < -0.4 is 10.2 Å². The zero-order chi connectivity index (χ0) is 20.6. The van der Waals surface area contributed by atoms with Crippen molar-refractivity contribution in [3.05, 3.63) is 77.8 Å². The van der Waals surface area contributed by atoms with Gasteiger partial charge >= 0.3 is 0 Å². The Morgan fingerprint density at radius 2 is 1.86 bits per heavy atom. The van der Waals surface area contributed by atoms with E-state index in [2.05, 4.69) is 24.4 Å². The molecule has 0 spiro atoms. The molecule has 3 rings (SSSR count). The summed E-state index contributed by atoms with van der Waals surface area (Å²) in [5.74, 6) is 1.49. The second kappa shape index (κ2) is 9.68. The molecule has 1 amide bonds. The van der Waals surface area contributed by atoms with Crippen molar-refractivity contribution in [3.63, 3.8) is 0 Å². The van der Waals surface area contributed by atoms with Gasteiger partial charge < -0.3 is 9.15 Å². The normalized spacial score (nSPS) is 12.1. The fraction of sp³-hybridized carbons (Fsp3) is 0.217. The molecule has 29 heavy (non-hydrogen) atoms. The van der Waals surface area contributed by atoms with E-state index in [9.17, 15) is 9.18 Å². The minimum absolute atomic E-state index is 0.140. The van der Waals surface area contributed by atoms with Crippen molar-refractivity contribution in [2.45, 2.75) is 26.2 Å². The molecular formula is C23H23FN2O3. The summed E-state index contributed by atoms with van der Waals surface area (Å²) in [6, 6.07) is 17.2. The van der Waals surface area contributed by atoms with Crippen molar-refractivity contribution >= 4 is 12.1 Å². The summed E-state index contributed by atoms with van der Waals surface area (Å²) in [5.41, 5.74) is 4.39. The van der Waals surface area contributed by atoms with Crippen LogP contribution in [0.2, 0.25) is 0 Å². The number of nitrogens with one attached hydrogen (secondary N) is 1. The molecule has 0 fully saturated rings. The van der Waals surface area contributed by atoms with E-state index < -0.39 is 0 Å². The first-order valence-electron chi connectivity index (χ1n) is 9.45. The average molecular weight is 394 g/mol. The van der Waals surface area contributed by atoms with Gasteiger partial charge in [0.2, 0.25) is 0 Å². The third-order valence-corrected chi connectivity index (χ3v) is 4.57. The van der Waals surface area contributed by atoms with Gasteiger partial charge in [-0.05, 0) is 66.4 Å². The molecule has 0 aliphatic heterocycles. The summed E-state index contributed by atoms with van der Waals surface area (Å²) < 4.78 is 24.1. The van der Waals surface area contributed by atoms with Gasteiger partial charge in [0.25, 0.3) is 5.91 Å². The second-order valence-electron chi connectivity index (χ2n) is 6.67. The van der Waals surface area contributed by atoms with Crippen LogP contribution in [0.15, 0.2) is 70.2 Å². The maximum Gasteiger partial charge on any atom is 0.277 e. The lowest BCUT2D eigenvalue weighted by Gasteiger charge is -2.10. The summed E-state index contributed by atoms with van der Waals surface area (Å²) in [4.78, 5) is 11.9. The fourth-order valence-corrected chi connectivity index (χ4v) is 2.67. The topological polar surface area (TPSA) is 63.8 Å². The number of carbonyl (C=O) groups is 1. The average Bonchev–Trinajstić information content (AvgIpc) is 3.21. The number of nitrogens with zero attached hydrogens (tertiary/aromatic N) is 1. The lowest BCUT2D eigenvalue weighted by Crippen LogP contribution is -2.24. The first-order valence-corrected chi connectivity index (χ1v) is 9.45. The van der Waals surface area contributed by atoms with Gasteiger partial charge in [0.05, 0.1) is 6.21 Å². The van der Waals surface area contributed by atoms with E-state index >= 15 is 0 Å². The summed E-state index contributed by atoms with van der Waals surface area (Å²) in [5, 5.41) is 3.87. The molecule has 1 N–H and O–H groups in total. The number of hydrogen-bond acceptors (Lipinski definition) is 4. The smallest absolute Gasteiger partial charge is 0.277 e. The minimum atomic E-state index is -0.377. The maximum absolute atomic E-state index is 13.0. The van der Waals surface area contributed by atoms with Gasteiger partial charge in [-0.1, -0.05) is 26.0 Å². The molecule has 0 saturated heterocycles. The van der Waals surface area contributed by atoms with Gasteiger partial charge in [0.15, 0.2) is 6.61 Å². The molecule has 1 atom stereocenters. The second-order valence-corrected chi connectivity index (χ2v) is 6.67. The van der Waals surface area contributed by atoms with Gasteiger partial charge in [-0.25, -0.2) is 9.82 Å². The van der Waals surface area contributed by atoms with Gasteiger partial charge in [-0.15, -0.1) is 0 Å². The van der Waals surface area contributed by atoms with Crippen LogP contribution in [0.5, 0.6) is 5.75 Å². The Hall–Kier alpha value is -3.41. The van der Waals surface area contributed by atoms with Crippen LogP contribution in [-0.2, 0) is 4.79 Å². The Morgan fingerprint density at radius 1 is 1.14 bits per heavy atom. The van der Waals surface area contributed by atoms with E-state index in [1.807, 2.05) is 24.3 Å². The number of furan rings is 1. The lowest BCUT2D eigenvalue weighted by atomic mass is 9.99. The molecule has 0 radical (unpaired) electrons. The monoisotopic (exact) mass is 394 g/mol. The maximum atomic E-state index is 13.0. The summed E-state index contributed by atoms with van der Waals surface area (Å²) in [7, 11) is 0. The van der Waals surface area contributed by atoms with E-state index in [1.54, 1.807) is 24.3 Å². The van der Waals surface area contributed by atoms with E-state index in [0.29, 0.717) is 23.2 Å². The van der Waals surface area contributed by atoms with Crippen LogP contribution in [0.1, 0.15) is 37.5 Å². The van der Waals surface area contributed by atoms with Crippen molar-refractivity contribution < 1.29 is 18.3 Å². The SMILES string of the molecule is CC[C@@H](C)c1ccc(OCC(=O)N/N=C/c2ccc(-c3ccc(F)cc3)o2)cc1. The highest BCUT2D eigenvalue weighted by atomic mass is 19.1. The number of benzene rings is 2. The highest BCUT2D eigenvalue weighted by molar-refractivity contribution is 5.81. The summed E-state index contributed by atoms with van der Waals surface area (Å²) >= 11 is 0. The van der Waals surface area contributed by atoms with E-state index in [-0.39, 0.29) is 18.3 Å². The molecule has 0 unspecified atom stereocenters. The lowest BCUT2D eigenvalue weighted by molar-refractivity contribution is -0.123. The summed E-state index contributed by atoms with van der Waals surface area (Å²) in [6.45, 7) is 4.17. The zero-order valence-corrected chi connectivity index (χ0v) is 16.4. The molecule has 5 nitrogen and oxygen atoms in total. The largest absolute Gasteiger partial charge is 0.484 e. The van der Waals surface area contributed by atoms with Gasteiger partial charge in [0, 0.05) is 5.56 Å². The number of carbonyl (C=O) groups excluding carboxylic acids is 1. The number of hydrogen-bond donors (Lipinski definition) is 1. The molecule has 6 heteroatoms. The zero-order valence-electron chi connectivity index (χ0n) is 16.4. The molecule has 0 saturated carbocycles. The quantitative estimate of drug-likeness (QED) is 0.426. The molecular weight excluding hydrogens is 371 g/mol. The van der Waals surface area contributed by atoms with Crippen molar-refractivity contribution in [1.29, 1.82) is 0 Å². The third kappa shape index (κ3) is 5.78. The predicted molar refractivity (Wildman–Crippen MR) is 110 cm³/mol. The van der Waals surface area contributed by atoms with Gasteiger partial charge in [-0.2, -0.15) is 5.10 Å². The molecule has 1 heterocycles. The molecule has 1 aromatic heterocycles. The first kappa shape index (κ1) is 20.3. The number of amides is 1. The molecule has 0 aliphatic carbocycles. The Labute approximate surface area is 169 Å². The summed E-state index contributed by atoms with van der Waals surface area (Å²) in [6.07, 6.45) is 2.47. The Balaban J connectivity index is 1.47. The standard InChI is InChI=1S/C23H23FN2O3/c1-3-16(2)17-6-10-20(11-7-17)28-15-23(27)26-25-14-21-12-13-22(29-21)18-4-8-19(24)9-5-18/h4-14,16H,3,15H2,1-2H3,(H,26,27)/b25-14+/t16-/m1/s1. The predicted octanol–water partition coefficient (Wildman–Crippen LogP) is 5.13. The molecule has 2 aromatic carbocycles. The molecule has 0 bridgehead atoms. The first-order chi connectivity index (χ1) is 14.0. The van der Waals surface area contributed by atoms with Gasteiger partial charge in [0.1, 0.15) is 23.1 Å². The van der Waals surface area contributed by atoms with Crippen LogP contribution in [0.25, 0.3) is 11.3 Å². The van der Waals surface area contributed by atoms with E-state index in [1.165, 1.54) is 23.9 Å². The van der Waals surface area contributed by atoms with Crippen LogP contribution in [0.3, 0.4) is 0 Å². The number of hydrazone groups is 1. The Morgan fingerprint density at radius 3 is 2.55 bits per heavy atom. The third-order valence-electron chi connectivity index (χ3n) is 4.57. The van der Waals surface area contributed by atoms with Crippen molar-refractivity contribution in [3.8, 4) is 17.1 Å². The van der Waals surface area contributed by atoms with E-state index in [4.69, 9.17) is 9.15 Å². The van der Waals surface area contributed by atoms with Crippen LogP contribution in [0, 0.1) is 5.82 Å². The highest BCUT2D eigenvalue weighted by Crippen LogP contribution is 2.22. The van der Waals surface area contributed by atoms with E-state index in [0.717, 1.165) is 12.0 Å². The molecule has 150 valence electrons. The molecule has 3 aromatic rings. The molecule has 0 aliphatic rings. The van der Waals surface area contributed by atoms with Gasteiger partial charge in [-0.3, -0.25) is 4.79 Å². The highest BCUT2D eigenvalue weighted by Gasteiger charge is 2.06. The van der Waals surface area contributed by atoms with Crippen molar-refractivity contribution in [2.24, 2.45) is 5.10 Å². The fourth-order valence-electron chi connectivity index (χ4n) is 2.67. The number of halogens is 1. The Kier molecular flexibility index (Phi) is 6.79. The minimum Gasteiger partial charge on any atom is -0.484 e. The Bertz CT molecular complexity index is 963. The van der Waals surface area contributed by atoms with Crippen LogP contribution in [0.4, 0.5) is 4.39 Å².